The Kier molecular flexibility index (Phi) is 8.71. The van der Waals surface area contributed by atoms with Crippen molar-refractivity contribution >= 4 is 29.3 Å². The van der Waals surface area contributed by atoms with Crippen LogP contribution in [0.25, 0.3) is 5.69 Å². The van der Waals surface area contributed by atoms with E-state index in [2.05, 4.69) is 15.5 Å². The Morgan fingerprint density at radius 2 is 1.79 bits per heavy atom. The second-order valence-corrected chi connectivity index (χ2v) is 9.76. The Bertz CT molecular complexity index is 1480. The molecule has 0 spiro atoms. The smallest absolute Gasteiger partial charge is 0.416 e. The van der Waals surface area contributed by atoms with E-state index in [1.807, 2.05) is 0 Å². The normalized spacial score (nSPS) is 12.2. The number of methoxy groups -OCH3 is 2. The third kappa shape index (κ3) is 6.48. The van der Waals surface area contributed by atoms with Crippen LogP contribution < -0.4 is 14.8 Å². The number of para-hydroxylation sites is 1. The molecule has 12 heteroatoms. The molecule has 0 saturated heterocycles. The van der Waals surface area contributed by atoms with Crippen LogP contribution in [0, 0.1) is 0 Å². The summed E-state index contributed by atoms with van der Waals surface area (Å²) in [6.07, 6.45) is -4.44. The number of benzene rings is 3. The monoisotopic (exact) mass is 576 g/mol. The minimum absolute atomic E-state index is 0.213. The zero-order chi connectivity index (χ0) is 28.2. The van der Waals surface area contributed by atoms with Crippen molar-refractivity contribution in [2.24, 2.45) is 0 Å². The van der Waals surface area contributed by atoms with E-state index in [1.165, 1.54) is 32.0 Å². The van der Waals surface area contributed by atoms with Gasteiger partial charge in [0.2, 0.25) is 0 Å². The minimum Gasteiger partial charge on any atom is -0.493 e. The fourth-order valence-corrected chi connectivity index (χ4v) is 4.99. The molecule has 1 heterocycles. The van der Waals surface area contributed by atoms with Gasteiger partial charge in [0.1, 0.15) is 0 Å². The number of aromatic nitrogens is 3. The number of hydrogen-bond acceptors (Lipinski definition) is 6. The van der Waals surface area contributed by atoms with Gasteiger partial charge in [-0.05, 0) is 48.9 Å². The van der Waals surface area contributed by atoms with Gasteiger partial charge in [0.15, 0.2) is 22.5 Å². The molecule has 0 bridgehead atoms. The van der Waals surface area contributed by atoms with E-state index < -0.39 is 23.7 Å². The number of alkyl halides is 3. The molecule has 0 unspecified atom stereocenters. The van der Waals surface area contributed by atoms with Gasteiger partial charge < -0.3 is 14.8 Å². The molecular formula is C27H24ClF3N4O3S. The summed E-state index contributed by atoms with van der Waals surface area (Å²) in [6, 6.07) is 16.5. The summed E-state index contributed by atoms with van der Waals surface area (Å²) in [4.78, 5) is 13.2. The SMILES string of the molecule is COc1cccc(C(=O)N[C@H](C)c2nnc(SCc3cccc(C(F)(F)F)c3)n2-c2cccc(Cl)c2)c1OC. The molecule has 0 aliphatic carbocycles. The number of halogens is 4. The fraction of sp³-hybridized carbons (Fsp3) is 0.222. The maximum atomic E-state index is 13.2. The predicted molar refractivity (Wildman–Crippen MR) is 143 cm³/mol. The molecule has 7 nitrogen and oxygen atoms in total. The number of amides is 1. The predicted octanol–water partition coefficient (Wildman–Crippen LogP) is 6.74. The maximum absolute atomic E-state index is 13.2. The van der Waals surface area contributed by atoms with Crippen LogP contribution in [0.3, 0.4) is 0 Å². The molecule has 1 amide bonds. The number of nitrogens with one attached hydrogen (secondary N) is 1. The van der Waals surface area contributed by atoms with Crippen LogP contribution in [-0.2, 0) is 11.9 Å². The van der Waals surface area contributed by atoms with E-state index in [-0.39, 0.29) is 11.3 Å². The molecule has 4 aromatic rings. The van der Waals surface area contributed by atoms with Crippen LogP contribution in [0.4, 0.5) is 13.2 Å². The van der Waals surface area contributed by atoms with Crippen molar-refractivity contribution in [3.05, 3.63) is 94.3 Å². The highest BCUT2D eigenvalue weighted by Crippen LogP contribution is 2.34. The standard InChI is InChI=1S/C27H24ClF3N4O3S/c1-16(32-25(36)21-11-6-12-22(37-2)23(21)38-3)24-33-34-26(35(24)20-10-5-9-19(28)14-20)39-15-17-7-4-8-18(13-17)27(29,30)31/h4-14,16H,15H2,1-3H3,(H,32,36)/t16-/m1/s1. The lowest BCUT2D eigenvalue weighted by atomic mass is 10.1. The summed E-state index contributed by atoms with van der Waals surface area (Å²) in [5.41, 5.74) is 0.663. The van der Waals surface area contributed by atoms with Gasteiger partial charge >= 0.3 is 6.18 Å². The summed E-state index contributed by atoms with van der Waals surface area (Å²) in [5, 5.41) is 12.4. The average Bonchev–Trinajstić information content (AvgIpc) is 3.35. The number of rotatable bonds is 9. The molecule has 0 aliphatic rings. The molecule has 0 saturated carbocycles. The van der Waals surface area contributed by atoms with Crippen LogP contribution in [0.2, 0.25) is 5.02 Å². The first-order valence-electron chi connectivity index (χ1n) is 11.6. The van der Waals surface area contributed by atoms with Gasteiger partial charge in [0, 0.05) is 10.8 Å². The second kappa shape index (κ2) is 12.0. The highest BCUT2D eigenvalue weighted by molar-refractivity contribution is 7.98. The van der Waals surface area contributed by atoms with E-state index in [0.717, 1.165) is 12.1 Å². The topological polar surface area (TPSA) is 78.3 Å². The second-order valence-electron chi connectivity index (χ2n) is 8.38. The van der Waals surface area contributed by atoms with Crippen molar-refractivity contribution in [1.29, 1.82) is 0 Å². The van der Waals surface area contributed by atoms with Crippen LogP contribution in [0.1, 0.15) is 40.3 Å². The van der Waals surface area contributed by atoms with E-state index in [4.69, 9.17) is 21.1 Å². The number of nitrogens with zero attached hydrogens (tertiary/aromatic N) is 3. The van der Waals surface area contributed by atoms with Crippen LogP contribution in [0.15, 0.2) is 71.9 Å². The van der Waals surface area contributed by atoms with Gasteiger partial charge in [-0.25, -0.2) is 0 Å². The third-order valence-corrected chi connectivity index (χ3v) is 6.96. The zero-order valence-electron chi connectivity index (χ0n) is 21.1. The summed E-state index contributed by atoms with van der Waals surface area (Å²) < 4.78 is 51.9. The van der Waals surface area contributed by atoms with Crippen molar-refractivity contribution < 1.29 is 27.4 Å². The molecule has 39 heavy (non-hydrogen) atoms. The summed E-state index contributed by atoms with van der Waals surface area (Å²) in [5.74, 6) is 0.896. The van der Waals surface area contributed by atoms with Gasteiger partial charge in [-0.1, -0.05) is 53.7 Å². The number of hydrogen-bond donors (Lipinski definition) is 1. The number of ether oxygens (including phenoxy) is 2. The zero-order valence-corrected chi connectivity index (χ0v) is 22.7. The van der Waals surface area contributed by atoms with Gasteiger partial charge in [-0.15, -0.1) is 10.2 Å². The molecule has 1 aromatic heterocycles. The molecule has 0 fully saturated rings. The number of carbonyl (C=O) groups is 1. The highest BCUT2D eigenvalue weighted by Gasteiger charge is 2.30. The van der Waals surface area contributed by atoms with Crippen LogP contribution >= 0.6 is 23.4 Å². The van der Waals surface area contributed by atoms with Crippen molar-refractivity contribution in [1.82, 2.24) is 20.1 Å². The maximum Gasteiger partial charge on any atom is 0.416 e. The first-order chi connectivity index (χ1) is 18.6. The largest absolute Gasteiger partial charge is 0.493 e. The lowest BCUT2D eigenvalue weighted by Gasteiger charge is -2.18. The Labute approximate surface area is 232 Å². The molecule has 0 radical (unpaired) electrons. The first-order valence-corrected chi connectivity index (χ1v) is 13.0. The van der Waals surface area contributed by atoms with Crippen molar-refractivity contribution in [3.63, 3.8) is 0 Å². The Morgan fingerprint density at radius 3 is 2.49 bits per heavy atom. The Morgan fingerprint density at radius 1 is 1.05 bits per heavy atom. The molecule has 4 rings (SSSR count). The molecule has 204 valence electrons. The number of carbonyl (C=O) groups excluding carboxylic acids is 1. The molecule has 1 N–H and O–H groups in total. The van der Waals surface area contributed by atoms with E-state index in [9.17, 15) is 18.0 Å². The summed E-state index contributed by atoms with van der Waals surface area (Å²) >= 11 is 7.46. The highest BCUT2D eigenvalue weighted by atomic mass is 35.5. The van der Waals surface area contributed by atoms with Gasteiger partial charge in [-0.3, -0.25) is 9.36 Å². The Balaban J connectivity index is 1.64. The molecule has 1 atom stereocenters. The molecule has 0 aliphatic heterocycles. The van der Waals surface area contributed by atoms with E-state index in [1.54, 1.807) is 60.0 Å². The first kappa shape index (κ1) is 28.3. The van der Waals surface area contributed by atoms with E-state index >= 15 is 0 Å². The van der Waals surface area contributed by atoms with Gasteiger partial charge in [0.25, 0.3) is 5.91 Å². The average molecular weight is 577 g/mol. The quantitative estimate of drug-likeness (QED) is 0.222. The minimum atomic E-state index is -4.44. The fourth-order valence-electron chi connectivity index (χ4n) is 3.90. The van der Waals surface area contributed by atoms with Crippen molar-refractivity contribution in [2.75, 3.05) is 14.2 Å². The summed E-state index contributed by atoms with van der Waals surface area (Å²) in [7, 11) is 2.93. The Hall–Kier alpha value is -3.70. The molecule has 3 aromatic carbocycles. The van der Waals surface area contributed by atoms with Crippen molar-refractivity contribution in [2.45, 2.75) is 30.1 Å². The van der Waals surface area contributed by atoms with Gasteiger partial charge in [0.05, 0.1) is 37.1 Å². The number of thioether (sulfide) groups is 1. The third-order valence-electron chi connectivity index (χ3n) is 5.73. The van der Waals surface area contributed by atoms with E-state index in [0.29, 0.717) is 38.8 Å². The van der Waals surface area contributed by atoms with Crippen LogP contribution in [0.5, 0.6) is 11.5 Å². The van der Waals surface area contributed by atoms with Gasteiger partial charge in [-0.2, -0.15) is 13.2 Å². The van der Waals surface area contributed by atoms with Crippen molar-refractivity contribution in [3.8, 4) is 17.2 Å². The lowest BCUT2D eigenvalue weighted by molar-refractivity contribution is -0.137. The van der Waals surface area contributed by atoms with Crippen LogP contribution in [-0.4, -0.2) is 34.9 Å². The summed E-state index contributed by atoms with van der Waals surface area (Å²) in [6.45, 7) is 1.75. The lowest BCUT2D eigenvalue weighted by Crippen LogP contribution is -2.29. The molecular weight excluding hydrogens is 553 g/mol.